The first kappa shape index (κ1) is 20.2. The Kier molecular flexibility index (Phi) is 4.67. The van der Waals surface area contributed by atoms with E-state index in [1.165, 1.54) is 16.8 Å². The number of hydrogen-bond acceptors (Lipinski definition) is 6. The van der Waals surface area contributed by atoms with E-state index in [9.17, 15) is 9.59 Å². The second-order valence-corrected chi connectivity index (χ2v) is 9.14. The minimum atomic E-state index is -0.368. The highest BCUT2D eigenvalue weighted by Gasteiger charge is 2.18. The Bertz CT molecular complexity index is 1830. The third-order valence-corrected chi connectivity index (χ3v) is 6.63. The molecule has 5 heterocycles. The lowest BCUT2D eigenvalue weighted by Crippen LogP contribution is -2.23. The lowest BCUT2D eigenvalue weighted by molar-refractivity contribution is 0.970. The molecule has 0 aliphatic rings. The molecule has 0 saturated carbocycles. The molecule has 0 bridgehead atoms. The number of thiophene rings is 1. The maximum Gasteiger partial charge on any atom is 0.255 e. The number of benzene rings is 1. The monoisotopic (exact) mass is 463 g/mol. The fourth-order valence-corrected chi connectivity index (χ4v) is 4.84. The molecule has 0 amide bonds. The van der Waals surface area contributed by atoms with Crippen LogP contribution in [-0.2, 0) is 0 Å². The molecule has 0 atom stereocenters. The van der Waals surface area contributed by atoms with Crippen molar-refractivity contribution in [1.82, 2.24) is 24.5 Å². The van der Waals surface area contributed by atoms with Gasteiger partial charge >= 0.3 is 0 Å². The number of H-pyrrole nitrogens is 1. The molecule has 0 spiro atoms. The number of aryl methyl sites for hydroxylation is 1. The van der Waals surface area contributed by atoms with Crippen LogP contribution in [0.15, 0.2) is 88.8 Å². The van der Waals surface area contributed by atoms with Gasteiger partial charge in [0.25, 0.3) is 5.56 Å². The molecule has 6 rings (SSSR count). The summed E-state index contributed by atoms with van der Waals surface area (Å²) in [4.78, 5) is 45.0. The predicted molar refractivity (Wildman–Crippen MR) is 135 cm³/mol. The Morgan fingerprint density at radius 1 is 0.941 bits per heavy atom. The molecular formula is C26H17N5O2S. The molecule has 6 aromatic rings. The summed E-state index contributed by atoms with van der Waals surface area (Å²) in [6.45, 7) is 2.04. The number of fused-ring (bicyclic) bond motifs is 2. The molecule has 8 heteroatoms. The summed E-state index contributed by atoms with van der Waals surface area (Å²) in [6.07, 6.45) is 4.82. The topological polar surface area (TPSA) is 93.5 Å². The van der Waals surface area contributed by atoms with Crippen LogP contribution in [0.3, 0.4) is 0 Å². The van der Waals surface area contributed by atoms with E-state index >= 15 is 0 Å². The van der Waals surface area contributed by atoms with Crippen LogP contribution < -0.4 is 11.0 Å². The lowest BCUT2D eigenvalue weighted by atomic mass is 10.1. The van der Waals surface area contributed by atoms with Gasteiger partial charge in [0.15, 0.2) is 11.2 Å². The zero-order chi connectivity index (χ0) is 23.2. The van der Waals surface area contributed by atoms with Crippen molar-refractivity contribution in [1.29, 1.82) is 0 Å². The van der Waals surface area contributed by atoms with Crippen molar-refractivity contribution < 1.29 is 0 Å². The first-order chi connectivity index (χ1) is 16.6. The summed E-state index contributed by atoms with van der Waals surface area (Å²) in [5.74, 6) is 0. The minimum Gasteiger partial charge on any atom is -0.342 e. The molecule has 1 N–H and O–H groups in total. The number of nitrogens with zero attached hydrogens (tertiary/aromatic N) is 4. The molecule has 34 heavy (non-hydrogen) atoms. The Hall–Kier alpha value is -4.43. The molecule has 0 fully saturated rings. The van der Waals surface area contributed by atoms with Crippen molar-refractivity contribution in [2.24, 2.45) is 0 Å². The summed E-state index contributed by atoms with van der Waals surface area (Å²) in [5.41, 5.74) is 3.06. The maximum atomic E-state index is 13.4. The van der Waals surface area contributed by atoms with Crippen molar-refractivity contribution in [2.75, 3.05) is 0 Å². The largest absolute Gasteiger partial charge is 0.342 e. The molecule has 0 aliphatic heterocycles. The number of nitrogens with one attached hydrogen (secondary N) is 1. The van der Waals surface area contributed by atoms with Gasteiger partial charge in [-0.15, -0.1) is 11.3 Å². The van der Waals surface area contributed by atoms with Gasteiger partial charge in [0.2, 0.25) is 5.43 Å². The van der Waals surface area contributed by atoms with Crippen LogP contribution in [0.2, 0.25) is 0 Å². The Labute approximate surface area is 197 Å². The summed E-state index contributed by atoms with van der Waals surface area (Å²) >= 11 is 1.62. The third-order valence-electron chi connectivity index (χ3n) is 5.62. The van der Waals surface area contributed by atoms with Crippen molar-refractivity contribution in [3.63, 3.8) is 0 Å². The van der Waals surface area contributed by atoms with E-state index in [0.29, 0.717) is 17.0 Å². The maximum absolute atomic E-state index is 13.4. The zero-order valence-corrected chi connectivity index (χ0v) is 18.8. The van der Waals surface area contributed by atoms with E-state index in [0.717, 1.165) is 26.2 Å². The van der Waals surface area contributed by atoms with Gasteiger partial charge in [0, 0.05) is 40.5 Å². The molecule has 7 nitrogen and oxygen atoms in total. The highest BCUT2D eigenvalue weighted by atomic mass is 32.1. The number of aromatic amines is 1. The normalized spacial score (nSPS) is 11.3. The standard InChI is InChI=1S/C26H17N5O2S/c1-15-7-10-20(34-15)23-22(17-8-9-18-16(13-17)5-4-11-27-18)29-24-25(33)19(14-28-26(24)30-23)31-12-3-2-6-21(31)32/h2-14H,1H3,(H,28,30,33). The summed E-state index contributed by atoms with van der Waals surface area (Å²) in [7, 11) is 0. The molecule has 0 unspecified atom stereocenters. The average Bonchev–Trinajstić information content (AvgIpc) is 3.30. The van der Waals surface area contributed by atoms with Gasteiger partial charge in [-0.2, -0.15) is 0 Å². The Morgan fingerprint density at radius 2 is 1.85 bits per heavy atom. The van der Waals surface area contributed by atoms with Crippen LogP contribution in [0, 0.1) is 6.92 Å². The van der Waals surface area contributed by atoms with E-state index in [4.69, 9.17) is 9.97 Å². The van der Waals surface area contributed by atoms with Crippen LogP contribution in [0.4, 0.5) is 0 Å². The molecule has 5 aromatic heterocycles. The van der Waals surface area contributed by atoms with Gasteiger partial charge in [-0.3, -0.25) is 19.1 Å². The van der Waals surface area contributed by atoms with Crippen molar-refractivity contribution >= 4 is 33.4 Å². The van der Waals surface area contributed by atoms with Crippen LogP contribution in [0.25, 0.3) is 49.6 Å². The van der Waals surface area contributed by atoms with Crippen LogP contribution in [0.5, 0.6) is 0 Å². The Balaban J connectivity index is 1.66. The highest BCUT2D eigenvalue weighted by molar-refractivity contribution is 7.15. The lowest BCUT2D eigenvalue weighted by Gasteiger charge is -2.11. The smallest absolute Gasteiger partial charge is 0.255 e. The van der Waals surface area contributed by atoms with Gasteiger partial charge in [0.05, 0.1) is 16.1 Å². The third kappa shape index (κ3) is 3.32. The van der Waals surface area contributed by atoms with Gasteiger partial charge in [-0.05, 0) is 43.3 Å². The summed E-state index contributed by atoms with van der Waals surface area (Å²) in [6, 6.07) is 18.5. The number of rotatable bonds is 3. The van der Waals surface area contributed by atoms with Gasteiger partial charge < -0.3 is 4.98 Å². The fourth-order valence-electron chi connectivity index (χ4n) is 3.98. The van der Waals surface area contributed by atoms with Crippen molar-refractivity contribution in [3.8, 4) is 27.5 Å². The Morgan fingerprint density at radius 3 is 2.68 bits per heavy atom. The zero-order valence-electron chi connectivity index (χ0n) is 18.0. The molecular weight excluding hydrogens is 446 g/mol. The fraction of sp³-hybridized carbons (Fsp3) is 0.0385. The van der Waals surface area contributed by atoms with E-state index in [2.05, 4.69) is 9.97 Å². The first-order valence-electron chi connectivity index (χ1n) is 10.6. The van der Waals surface area contributed by atoms with E-state index in [-0.39, 0.29) is 22.2 Å². The van der Waals surface area contributed by atoms with Gasteiger partial charge in [0.1, 0.15) is 11.4 Å². The summed E-state index contributed by atoms with van der Waals surface area (Å²) < 4.78 is 1.30. The average molecular weight is 464 g/mol. The van der Waals surface area contributed by atoms with E-state index in [1.807, 2.05) is 49.4 Å². The SMILES string of the molecule is Cc1ccc(-c2nc3[nH]cc(-n4ccccc4=O)c(=O)c3nc2-c2ccc3ncccc3c2)s1. The number of pyridine rings is 3. The molecule has 0 saturated heterocycles. The number of hydrogen-bond donors (Lipinski definition) is 1. The van der Waals surface area contributed by atoms with Crippen LogP contribution in [-0.4, -0.2) is 24.5 Å². The van der Waals surface area contributed by atoms with Crippen LogP contribution in [0.1, 0.15) is 4.88 Å². The quantitative estimate of drug-likeness (QED) is 0.410. The van der Waals surface area contributed by atoms with Crippen LogP contribution >= 0.6 is 11.3 Å². The number of aromatic nitrogens is 5. The molecule has 0 aliphatic carbocycles. The minimum absolute atomic E-state index is 0.173. The highest BCUT2D eigenvalue weighted by Crippen LogP contribution is 2.35. The van der Waals surface area contributed by atoms with Gasteiger partial charge in [-0.25, -0.2) is 9.97 Å². The van der Waals surface area contributed by atoms with E-state index in [1.54, 1.807) is 35.9 Å². The predicted octanol–water partition coefficient (Wildman–Crippen LogP) is 4.72. The molecule has 0 radical (unpaired) electrons. The van der Waals surface area contributed by atoms with Crippen molar-refractivity contribution in [2.45, 2.75) is 6.92 Å². The molecule has 164 valence electrons. The first-order valence-corrected chi connectivity index (χ1v) is 11.4. The van der Waals surface area contributed by atoms with Crippen molar-refractivity contribution in [3.05, 3.63) is 105 Å². The van der Waals surface area contributed by atoms with Gasteiger partial charge in [-0.1, -0.05) is 18.2 Å². The molecule has 1 aromatic carbocycles. The second-order valence-electron chi connectivity index (χ2n) is 7.85. The second kappa shape index (κ2) is 7.86. The van der Waals surface area contributed by atoms with E-state index < -0.39 is 0 Å². The summed E-state index contributed by atoms with van der Waals surface area (Å²) in [5, 5.41) is 0.966.